The first-order chi connectivity index (χ1) is 13.9. The monoisotopic (exact) mass is 436 g/mol. The molecule has 1 fully saturated rings. The van der Waals surface area contributed by atoms with Crippen molar-refractivity contribution in [3.8, 4) is 0 Å². The third-order valence-corrected chi connectivity index (χ3v) is 8.32. The third kappa shape index (κ3) is 5.36. The van der Waals surface area contributed by atoms with Crippen LogP contribution in [0.15, 0.2) is 45.6 Å². The van der Waals surface area contributed by atoms with Crippen LogP contribution in [0.4, 0.5) is 0 Å². The number of nitrogens with zero attached hydrogens (tertiary/aromatic N) is 3. The quantitative estimate of drug-likeness (QED) is 0.556. The van der Waals surface area contributed by atoms with Gasteiger partial charge in [-0.2, -0.15) is 4.31 Å². The maximum atomic E-state index is 12.8. The second kappa shape index (κ2) is 9.71. The van der Waals surface area contributed by atoms with Gasteiger partial charge in [0.05, 0.1) is 19.8 Å². The summed E-state index contributed by atoms with van der Waals surface area (Å²) in [6.45, 7) is 5.07. The SMILES string of the molecule is CN=C(NCc1ccc(S(=O)(=O)N2CCOCC2)s1)N(C)Cc1ccccc1C. The topological polar surface area (TPSA) is 74.2 Å². The van der Waals surface area contributed by atoms with E-state index in [9.17, 15) is 8.42 Å². The Kier molecular flexibility index (Phi) is 7.28. The molecular weight excluding hydrogens is 408 g/mol. The predicted molar refractivity (Wildman–Crippen MR) is 117 cm³/mol. The van der Waals surface area contributed by atoms with Gasteiger partial charge in [0.1, 0.15) is 4.21 Å². The van der Waals surface area contributed by atoms with Crippen molar-refractivity contribution >= 4 is 27.3 Å². The molecule has 1 aromatic heterocycles. The van der Waals surface area contributed by atoms with Gasteiger partial charge in [-0.15, -0.1) is 11.3 Å². The number of nitrogens with one attached hydrogen (secondary N) is 1. The van der Waals surface area contributed by atoms with E-state index in [0.29, 0.717) is 37.1 Å². The third-order valence-electron chi connectivity index (χ3n) is 4.86. The number of guanidine groups is 1. The van der Waals surface area contributed by atoms with E-state index >= 15 is 0 Å². The average molecular weight is 437 g/mol. The van der Waals surface area contributed by atoms with E-state index in [0.717, 1.165) is 17.4 Å². The molecule has 1 aliphatic heterocycles. The van der Waals surface area contributed by atoms with Crippen LogP contribution in [0.1, 0.15) is 16.0 Å². The lowest BCUT2D eigenvalue weighted by Gasteiger charge is -2.25. The van der Waals surface area contributed by atoms with Crippen molar-refractivity contribution in [2.75, 3.05) is 40.4 Å². The summed E-state index contributed by atoms with van der Waals surface area (Å²) < 4.78 is 32.7. The molecule has 0 amide bonds. The highest BCUT2D eigenvalue weighted by molar-refractivity contribution is 7.91. The zero-order chi connectivity index (χ0) is 20.9. The van der Waals surface area contributed by atoms with Crippen molar-refractivity contribution in [1.82, 2.24) is 14.5 Å². The van der Waals surface area contributed by atoms with Crippen LogP contribution in [0.25, 0.3) is 0 Å². The number of hydrogen-bond donors (Lipinski definition) is 1. The number of aliphatic imine (C=N–C) groups is 1. The van der Waals surface area contributed by atoms with Gasteiger partial charge in [0.15, 0.2) is 5.96 Å². The Balaban J connectivity index is 1.61. The lowest BCUT2D eigenvalue weighted by molar-refractivity contribution is 0.0731. The van der Waals surface area contributed by atoms with Crippen LogP contribution in [0.5, 0.6) is 0 Å². The summed E-state index contributed by atoms with van der Waals surface area (Å²) in [6, 6.07) is 11.8. The molecule has 2 aromatic rings. The largest absolute Gasteiger partial charge is 0.379 e. The number of morpholine rings is 1. The van der Waals surface area contributed by atoms with E-state index in [1.807, 2.05) is 25.2 Å². The molecule has 0 spiro atoms. The molecule has 3 rings (SSSR count). The van der Waals surface area contributed by atoms with E-state index in [-0.39, 0.29) is 0 Å². The zero-order valence-electron chi connectivity index (χ0n) is 17.1. The minimum atomic E-state index is -3.44. The molecule has 0 saturated carbocycles. The van der Waals surface area contributed by atoms with Crippen molar-refractivity contribution in [3.63, 3.8) is 0 Å². The summed E-state index contributed by atoms with van der Waals surface area (Å²) >= 11 is 1.30. The first-order valence-electron chi connectivity index (χ1n) is 9.54. The number of hydrogen-bond acceptors (Lipinski definition) is 5. The summed E-state index contributed by atoms with van der Waals surface area (Å²) in [6.07, 6.45) is 0. The summed E-state index contributed by atoms with van der Waals surface area (Å²) in [7, 11) is 0.296. The van der Waals surface area contributed by atoms with Gasteiger partial charge in [0.2, 0.25) is 0 Å². The molecule has 1 aliphatic rings. The Morgan fingerprint density at radius 1 is 1.24 bits per heavy atom. The van der Waals surface area contributed by atoms with Crippen LogP contribution in [0.3, 0.4) is 0 Å². The lowest BCUT2D eigenvalue weighted by atomic mass is 10.1. The van der Waals surface area contributed by atoms with Crippen LogP contribution < -0.4 is 5.32 Å². The average Bonchev–Trinajstić information content (AvgIpc) is 3.21. The Bertz CT molecular complexity index is 950. The van der Waals surface area contributed by atoms with Crippen LogP contribution >= 0.6 is 11.3 Å². The Morgan fingerprint density at radius 2 is 1.97 bits per heavy atom. The molecule has 1 aromatic carbocycles. The Morgan fingerprint density at radius 3 is 2.66 bits per heavy atom. The fraction of sp³-hybridized carbons (Fsp3) is 0.450. The van der Waals surface area contributed by atoms with Crippen LogP contribution in [-0.4, -0.2) is 64.0 Å². The van der Waals surface area contributed by atoms with E-state index in [1.54, 1.807) is 13.1 Å². The minimum Gasteiger partial charge on any atom is -0.379 e. The van der Waals surface area contributed by atoms with Crippen molar-refractivity contribution in [1.29, 1.82) is 0 Å². The van der Waals surface area contributed by atoms with E-state index < -0.39 is 10.0 Å². The smallest absolute Gasteiger partial charge is 0.252 e. The summed E-state index contributed by atoms with van der Waals surface area (Å²) in [5, 5.41) is 3.33. The molecule has 158 valence electrons. The summed E-state index contributed by atoms with van der Waals surface area (Å²) in [4.78, 5) is 7.36. The number of benzene rings is 1. The number of ether oxygens (including phenoxy) is 1. The van der Waals surface area contributed by atoms with E-state index in [4.69, 9.17) is 4.74 Å². The van der Waals surface area contributed by atoms with Crippen molar-refractivity contribution in [2.45, 2.75) is 24.2 Å². The van der Waals surface area contributed by atoms with Gasteiger partial charge >= 0.3 is 0 Å². The van der Waals surface area contributed by atoms with E-state index in [2.05, 4.69) is 34.3 Å². The summed E-state index contributed by atoms with van der Waals surface area (Å²) in [5.41, 5.74) is 2.49. The molecule has 2 heterocycles. The molecule has 0 unspecified atom stereocenters. The zero-order valence-corrected chi connectivity index (χ0v) is 18.7. The van der Waals surface area contributed by atoms with Crippen molar-refractivity contribution in [2.24, 2.45) is 4.99 Å². The molecule has 0 bridgehead atoms. The van der Waals surface area contributed by atoms with Gasteiger partial charge in [-0.1, -0.05) is 24.3 Å². The van der Waals surface area contributed by atoms with Gasteiger partial charge in [-0.05, 0) is 30.2 Å². The van der Waals surface area contributed by atoms with Gasteiger partial charge in [0.25, 0.3) is 10.0 Å². The highest BCUT2D eigenvalue weighted by Crippen LogP contribution is 2.25. The van der Waals surface area contributed by atoms with Gasteiger partial charge in [-0.3, -0.25) is 4.99 Å². The number of sulfonamides is 1. The van der Waals surface area contributed by atoms with E-state index in [1.165, 1.54) is 26.8 Å². The van der Waals surface area contributed by atoms with Crippen molar-refractivity contribution < 1.29 is 13.2 Å². The number of aryl methyl sites for hydroxylation is 1. The highest BCUT2D eigenvalue weighted by Gasteiger charge is 2.27. The molecule has 0 aliphatic carbocycles. The fourth-order valence-electron chi connectivity index (χ4n) is 3.17. The number of rotatable bonds is 6. The lowest BCUT2D eigenvalue weighted by Crippen LogP contribution is -2.40. The van der Waals surface area contributed by atoms with Gasteiger partial charge < -0.3 is 15.0 Å². The maximum absolute atomic E-state index is 12.8. The fourth-order valence-corrected chi connectivity index (χ4v) is 6.03. The van der Waals surface area contributed by atoms with Gasteiger partial charge in [-0.25, -0.2) is 8.42 Å². The van der Waals surface area contributed by atoms with Crippen LogP contribution in [0, 0.1) is 6.92 Å². The standard InChI is InChI=1S/C20H28N4O3S2/c1-16-6-4-5-7-17(16)15-23(3)20(21-2)22-14-18-8-9-19(28-18)29(25,26)24-10-12-27-13-11-24/h4-9H,10-15H2,1-3H3,(H,21,22). The molecule has 29 heavy (non-hydrogen) atoms. The molecule has 0 atom stereocenters. The second-order valence-corrected chi connectivity index (χ2v) is 10.3. The maximum Gasteiger partial charge on any atom is 0.252 e. The first kappa shape index (κ1) is 21.8. The molecule has 7 nitrogen and oxygen atoms in total. The molecule has 1 N–H and O–H groups in total. The predicted octanol–water partition coefficient (Wildman–Crippen LogP) is 2.28. The van der Waals surface area contributed by atoms with Gasteiger partial charge in [0, 0.05) is 38.6 Å². The normalized spacial score (nSPS) is 16.0. The Hall–Kier alpha value is -1.94. The molecule has 9 heteroatoms. The Labute approximate surface area is 177 Å². The van der Waals surface area contributed by atoms with Crippen LogP contribution in [-0.2, 0) is 27.8 Å². The molecular formula is C20H28N4O3S2. The van der Waals surface area contributed by atoms with Crippen LogP contribution in [0.2, 0.25) is 0 Å². The first-order valence-corrected chi connectivity index (χ1v) is 11.8. The highest BCUT2D eigenvalue weighted by atomic mass is 32.2. The van der Waals surface area contributed by atoms with Crippen molar-refractivity contribution in [3.05, 3.63) is 52.4 Å². The number of thiophene rings is 1. The minimum absolute atomic E-state index is 0.374. The molecule has 1 saturated heterocycles. The summed E-state index contributed by atoms with van der Waals surface area (Å²) in [5.74, 6) is 0.763. The molecule has 0 radical (unpaired) electrons. The second-order valence-electron chi connectivity index (χ2n) is 6.92.